The first-order chi connectivity index (χ1) is 9.24. The molecule has 0 radical (unpaired) electrons. The fourth-order valence-corrected chi connectivity index (χ4v) is 2.19. The summed E-state index contributed by atoms with van der Waals surface area (Å²) in [6.45, 7) is 4.37. The summed E-state index contributed by atoms with van der Waals surface area (Å²) in [6.07, 6.45) is 4.26. The SMILES string of the molecule is CCCc1ccc(C(C)c2ccc(OC)cc2)nc1. The predicted octanol–water partition coefficient (Wildman–Crippen LogP) is 4.19. The number of rotatable bonds is 5. The van der Waals surface area contributed by atoms with Crippen LogP contribution in [0.3, 0.4) is 0 Å². The van der Waals surface area contributed by atoms with Crippen LogP contribution in [0.25, 0.3) is 0 Å². The lowest BCUT2D eigenvalue weighted by Gasteiger charge is -2.12. The molecule has 0 aliphatic rings. The van der Waals surface area contributed by atoms with E-state index < -0.39 is 0 Å². The molecule has 1 heterocycles. The van der Waals surface area contributed by atoms with Gasteiger partial charge in [-0.3, -0.25) is 4.98 Å². The van der Waals surface area contributed by atoms with Crippen molar-refractivity contribution in [2.24, 2.45) is 0 Å². The summed E-state index contributed by atoms with van der Waals surface area (Å²) >= 11 is 0. The monoisotopic (exact) mass is 255 g/mol. The Balaban J connectivity index is 2.15. The fourth-order valence-electron chi connectivity index (χ4n) is 2.19. The van der Waals surface area contributed by atoms with Gasteiger partial charge in [0, 0.05) is 17.8 Å². The number of nitrogens with zero attached hydrogens (tertiary/aromatic N) is 1. The Morgan fingerprint density at radius 1 is 1.11 bits per heavy atom. The maximum Gasteiger partial charge on any atom is 0.118 e. The van der Waals surface area contributed by atoms with E-state index >= 15 is 0 Å². The Morgan fingerprint density at radius 2 is 1.84 bits per heavy atom. The van der Waals surface area contributed by atoms with E-state index in [-0.39, 0.29) is 0 Å². The Bertz CT molecular complexity index is 502. The third-order valence-electron chi connectivity index (χ3n) is 3.45. The van der Waals surface area contributed by atoms with Crippen molar-refractivity contribution in [3.63, 3.8) is 0 Å². The minimum absolute atomic E-state index is 0.307. The summed E-state index contributed by atoms with van der Waals surface area (Å²) < 4.78 is 5.18. The van der Waals surface area contributed by atoms with E-state index in [0.717, 1.165) is 24.3 Å². The number of aromatic nitrogens is 1. The zero-order valence-electron chi connectivity index (χ0n) is 11.9. The van der Waals surface area contributed by atoms with Gasteiger partial charge in [-0.2, -0.15) is 0 Å². The number of methoxy groups -OCH3 is 1. The van der Waals surface area contributed by atoms with Crippen LogP contribution in [0.2, 0.25) is 0 Å². The molecule has 0 aliphatic carbocycles. The molecule has 2 heteroatoms. The molecule has 2 nitrogen and oxygen atoms in total. The average Bonchev–Trinajstić information content (AvgIpc) is 2.48. The molecule has 2 aromatic rings. The molecule has 0 saturated carbocycles. The van der Waals surface area contributed by atoms with Crippen LogP contribution in [0, 0.1) is 0 Å². The summed E-state index contributed by atoms with van der Waals surface area (Å²) in [6, 6.07) is 12.5. The largest absolute Gasteiger partial charge is 0.497 e. The van der Waals surface area contributed by atoms with Gasteiger partial charge >= 0.3 is 0 Å². The molecule has 1 aromatic heterocycles. The van der Waals surface area contributed by atoms with Crippen molar-refractivity contribution in [1.29, 1.82) is 0 Å². The van der Waals surface area contributed by atoms with Crippen molar-refractivity contribution in [3.8, 4) is 5.75 Å². The highest BCUT2D eigenvalue weighted by Crippen LogP contribution is 2.24. The highest BCUT2D eigenvalue weighted by molar-refractivity contribution is 5.33. The van der Waals surface area contributed by atoms with Gasteiger partial charge in [-0.15, -0.1) is 0 Å². The number of aryl methyl sites for hydroxylation is 1. The molecule has 0 fully saturated rings. The average molecular weight is 255 g/mol. The fraction of sp³-hybridized carbons (Fsp3) is 0.353. The standard InChI is InChI=1S/C17H21NO/c1-4-5-14-6-11-17(18-12-14)13(2)15-7-9-16(19-3)10-8-15/h6-13H,4-5H2,1-3H3. The van der Waals surface area contributed by atoms with Gasteiger partial charge in [0.25, 0.3) is 0 Å². The third-order valence-corrected chi connectivity index (χ3v) is 3.45. The second-order valence-corrected chi connectivity index (χ2v) is 4.84. The zero-order valence-corrected chi connectivity index (χ0v) is 11.9. The lowest BCUT2D eigenvalue weighted by Crippen LogP contribution is -2.00. The molecule has 0 aliphatic heterocycles. The van der Waals surface area contributed by atoms with Crippen molar-refractivity contribution in [2.75, 3.05) is 7.11 Å². The molecule has 0 spiro atoms. The highest BCUT2D eigenvalue weighted by Gasteiger charge is 2.09. The highest BCUT2D eigenvalue weighted by atomic mass is 16.5. The topological polar surface area (TPSA) is 22.1 Å². The van der Waals surface area contributed by atoms with Crippen LogP contribution in [-0.2, 0) is 6.42 Å². The number of hydrogen-bond donors (Lipinski definition) is 0. The molecule has 0 bridgehead atoms. The summed E-state index contributed by atoms with van der Waals surface area (Å²) in [5, 5.41) is 0. The molecular weight excluding hydrogens is 234 g/mol. The minimum atomic E-state index is 0.307. The number of hydrogen-bond acceptors (Lipinski definition) is 2. The van der Waals surface area contributed by atoms with Crippen LogP contribution in [0.4, 0.5) is 0 Å². The van der Waals surface area contributed by atoms with Crippen LogP contribution in [0.1, 0.15) is 43.0 Å². The normalized spacial score (nSPS) is 12.2. The first-order valence-electron chi connectivity index (χ1n) is 6.83. The summed E-state index contributed by atoms with van der Waals surface area (Å²) in [7, 11) is 1.69. The molecule has 19 heavy (non-hydrogen) atoms. The van der Waals surface area contributed by atoms with Gasteiger partial charge < -0.3 is 4.74 Å². The zero-order chi connectivity index (χ0) is 13.7. The summed E-state index contributed by atoms with van der Waals surface area (Å²) in [4.78, 5) is 4.58. The first kappa shape index (κ1) is 13.6. The van der Waals surface area contributed by atoms with E-state index in [1.807, 2.05) is 18.3 Å². The van der Waals surface area contributed by atoms with Gasteiger partial charge in [0.2, 0.25) is 0 Å². The minimum Gasteiger partial charge on any atom is -0.497 e. The number of ether oxygens (including phenoxy) is 1. The van der Waals surface area contributed by atoms with E-state index in [4.69, 9.17) is 4.74 Å². The maximum absolute atomic E-state index is 5.18. The number of benzene rings is 1. The number of pyridine rings is 1. The van der Waals surface area contributed by atoms with Crippen molar-refractivity contribution >= 4 is 0 Å². The molecule has 1 unspecified atom stereocenters. The van der Waals surface area contributed by atoms with Crippen molar-refractivity contribution < 1.29 is 4.74 Å². The summed E-state index contributed by atoms with van der Waals surface area (Å²) in [5.41, 5.74) is 3.69. The van der Waals surface area contributed by atoms with Crippen molar-refractivity contribution in [3.05, 3.63) is 59.4 Å². The van der Waals surface area contributed by atoms with Crippen LogP contribution >= 0.6 is 0 Å². The lowest BCUT2D eigenvalue weighted by atomic mass is 9.96. The molecular formula is C17H21NO. The van der Waals surface area contributed by atoms with Gasteiger partial charge in [0.1, 0.15) is 5.75 Å². The molecule has 0 amide bonds. The van der Waals surface area contributed by atoms with Crippen LogP contribution in [0.15, 0.2) is 42.6 Å². The van der Waals surface area contributed by atoms with Gasteiger partial charge in [-0.1, -0.05) is 38.5 Å². The van der Waals surface area contributed by atoms with Gasteiger partial charge in [-0.25, -0.2) is 0 Å². The molecule has 0 saturated heterocycles. The van der Waals surface area contributed by atoms with E-state index in [2.05, 4.69) is 43.1 Å². The van der Waals surface area contributed by atoms with Crippen molar-refractivity contribution in [2.45, 2.75) is 32.6 Å². The second kappa shape index (κ2) is 6.37. The van der Waals surface area contributed by atoms with Crippen molar-refractivity contribution in [1.82, 2.24) is 4.98 Å². The molecule has 2 rings (SSSR count). The van der Waals surface area contributed by atoms with E-state index in [9.17, 15) is 0 Å². The smallest absolute Gasteiger partial charge is 0.118 e. The molecule has 1 atom stereocenters. The molecule has 100 valence electrons. The van der Waals surface area contributed by atoms with Gasteiger partial charge in [0.05, 0.1) is 7.11 Å². The van der Waals surface area contributed by atoms with Crippen LogP contribution < -0.4 is 4.74 Å². The Morgan fingerprint density at radius 3 is 2.37 bits per heavy atom. The molecule has 1 aromatic carbocycles. The Hall–Kier alpha value is -1.83. The maximum atomic E-state index is 5.18. The van der Waals surface area contributed by atoms with Gasteiger partial charge in [0.15, 0.2) is 0 Å². The van der Waals surface area contributed by atoms with E-state index in [1.165, 1.54) is 11.1 Å². The van der Waals surface area contributed by atoms with Crippen LogP contribution in [-0.4, -0.2) is 12.1 Å². The second-order valence-electron chi connectivity index (χ2n) is 4.84. The van der Waals surface area contributed by atoms with Crippen LogP contribution in [0.5, 0.6) is 5.75 Å². The Kier molecular flexibility index (Phi) is 4.56. The predicted molar refractivity (Wildman–Crippen MR) is 78.7 cm³/mol. The molecule has 0 N–H and O–H groups in total. The van der Waals surface area contributed by atoms with Gasteiger partial charge in [-0.05, 0) is 35.7 Å². The third kappa shape index (κ3) is 3.34. The first-order valence-corrected chi connectivity index (χ1v) is 6.83. The quantitative estimate of drug-likeness (QED) is 0.799. The van der Waals surface area contributed by atoms with E-state index in [0.29, 0.717) is 5.92 Å². The van der Waals surface area contributed by atoms with E-state index in [1.54, 1.807) is 7.11 Å². The lowest BCUT2D eigenvalue weighted by molar-refractivity contribution is 0.414. The Labute approximate surface area is 115 Å². The summed E-state index contributed by atoms with van der Waals surface area (Å²) in [5.74, 6) is 1.20.